The van der Waals surface area contributed by atoms with Crippen molar-refractivity contribution in [3.63, 3.8) is 0 Å². The highest BCUT2D eigenvalue weighted by Gasteiger charge is 2.22. The van der Waals surface area contributed by atoms with Gasteiger partial charge in [0.2, 0.25) is 0 Å². The lowest BCUT2D eigenvalue weighted by Crippen LogP contribution is -2.14. The fourth-order valence-corrected chi connectivity index (χ4v) is 3.55. The van der Waals surface area contributed by atoms with E-state index in [4.69, 9.17) is 11.6 Å². The van der Waals surface area contributed by atoms with Crippen LogP contribution in [0.3, 0.4) is 0 Å². The second kappa shape index (κ2) is 6.09. The monoisotopic (exact) mass is 351 g/mol. The molecule has 0 atom stereocenters. The van der Waals surface area contributed by atoms with E-state index in [2.05, 4.69) is 19.7 Å². The van der Waals surface area contributed by atoms with Gasteiger partial charge in [-0.2, -0.15) is 13.9 Å². The van der Waals surface area contributed by atoms with Crippen LogP contribution in [0.25, 0.3) is 0 Å². The molecule has 10 heteroatoms. The average Bonchev–Trinajstić information content (AvgIpc) is 2.72. The van der Waals surface area contributed by atoms with Crippen LogP contribution in [0.5, 0.6) is 5.75 Å². The molecule has 0 fully saturated rings. The van der Waals surface area contributed by atoms with Gasteiger partial charge in [0, 0.05) is 0 Å². The van der Waals surface area contributed by atoms with Gasteiger partial charge in [-0.15, -0.1) is 0 Å². The van der Waals surface area contributed by atoms with Crippen molar-refractivity contribution in [1.82, 2.24) is 10.2 Å². The normalized spacial score (nSPS) is 11.7. The molecule has 0 bridgehead atoms. The number of aryl methyl sites for hydroxylation is 2. The number of anilines is 1. The van der Waals surface area contributed by atoms with Crippen LogP contribution in [0, 0.1) is 13.8 Å². The molecule has 2 aromatic rings. The Morgan fingerprint density at radius 1 is 1.36 bits per heavy atom. The molecule has 6 nitrogen and oxygen atoms in total. The zero-order chi connectivity index (χ0) is 16.5. The van der Waals surface area contributed by atoms with Crippen LogP contribution in [0.2, 0.25) is 5.02 Å². The fourth-order valence-electron chi connectivity index (χ4n) is 1.90. The number of sulfonamides is 1. The van der Waals surface area contributed by atoms with Gasteiger partial charge < -0.3 is 4.74 Å². The highest BCUT2D eigenvalue weighted by atomic mass is 35.5. The summed E-state index contributed by atoms with van der Waals surface area (Å²) in [6.07, 6.45) is 0. The van der Waals surface area contributed by atoms with E-state index in [9.17, 15) is 17.2 Å². The summed E-state index contributed by atoms with van der Waals surface area (Å²) in [6.45, 7) is 0.0995. The predicted octanol–water partition coefficient (Wildman–Crippen LogP) is 3.08. The number of alkyl halides is 2. The highest BCUT2D eigenvalue weighted by Crippen LogP contribution is 2.30. The quantitative estimate of drug-likeness (QED) is 0.867. The fraction of sp³-hybridized carbons (Fsp3) is 0.250. The average molecular weight is 352 g/mol. The minimum Gasteiger partial charge on any atom is -0.433 e. The maximum atomic E-state index is 12.3. The van der Waals surface area contributed by atoms with E-state index in [0.717, 1.165) is 6.07 Å². The molecule has 1 aromatic heterocycles. The van der Waals surface area contributed by atoms with Crippen LogP contribution < -0.4 is 9.46 Å². The Bertz CT molecular complexity index is 773. The van der Waals surface area contributed by atoms with E-state index < -0.39 is 16.6 Å². The molecule has 0 saturated carbocycles. The molecule has 1 aromatic carbocycles. The minimum absolute atomic E-state index is 0.0246. The third-order valence-electron chi connectivity index (χ3n) is 2.73. The molecule has 0 unspecified atom stereocenters. The van der Waals surface area contributed by atoms with Crippen molar-refractivity contribution in [1.29, 1.82) is 0 Å². The zero-order valence-electron chi connectivity index (χ0n) is 11.5. The molecule has 0 amide bonds. The lowest BCUT2D eigenvalue weighted by atomic mass is 10.3. The number of hydrogen-bond acceptors (Lipinski definition) is 4. The molecule has 0 aliphatic heterocycles. The zero-order valence-corrected chi connectivity index (χ0v) is 13.1. The molecular formula is C12H12ClF2N3O3S. The second-order valence-corrected chi connectivity index (χ2v) is 6.42. The van der Waals surface area contributed by atoms with Crippen molar-refractivity contribution >= 4 is 27.3 Å². The number of aromatic nitrogens is 2. The van der Waals surface area contributed by atoms with Gasteiger partial charge in [-0.3, -0.25) is 9.82 Å². The number of H-pyrrole nitrogens is 1. The van der Waals surface area contributed by atoms with Crippen molar-refractivity contribution in [3.05, 3.63) is 34.6 Å². The SMILES string of the molecule is Cc1n[nH]c(C)c1S(=O)(=O)Nc1ccc(OC(F)F)c(Cl)c1. The van der Waals surface area contributed by atoms with E-state index in [1.807, 2.05) is 0 Å². The van der Waals surface area contributed by atoms with Gasteiger partial charge in [0.25, 0.3) is 10.0 Å². The van der Waals surface area contributed by atoms with E-state index in [1.54, 1.807) is 13.8 Å². The smallest absolute Gasteiger partial charge is 0.387 e. The van der Waals surface area contributed by atoms with Crippen LogP contribution in [-0.4, -0.2) is 25.2 Å². The van der Waals surface area contributed by atoms with Crippen LogP contribution in [-0.2, 0) is 10.0 Å². The Kier molecular flexibility index (Phi) is 4.57. The lowest BCUT2D eigenvalue weighted by molar-refractivity contribution is -0.0497. The summed E-state index contributed by atoms with van der Waals surface area (Å²) in [6, 6.07) is 3.61. The van der Waals surface area contributed by atoms with Crippen LogP contribution in [0.4, 0.5) is 14.5 Å². The minimum atomic E-state index is -3.88. The Balaban J connectivity index is 2.29. The summed E-state index contributed by atoms with van der Waals surface area (Å²) in [5.74, 6) is -0.240. The molecule has 0 aliphatic carbocycles. The first-order chi connectivity index (χ1) is 10.2. The van der Waals surface area contributed by atoms with Crippen molar-refractivity contribution in [3.8, 4) is 5.75 Å². The molecule has 120 valence electrons. The Labute approximate surface area is 130 Å². The molecule has 0 spiro atoms. The third kappa shape index (κ3) is 3.47. The van der Waals surface area contributed by atoms with Crippen molar-refractivity contribution < 1.29 is 21.9 Å². The number of nitrogens with one attached hydrogen (secondary N) is 2. The third-order valence-corrected chi connectivity index (χ3v) is 4.67. The van der Waals surface area contributed by atoms with Gasteiger partial charge in [-0.1, -0.05) is 11.6 Å². The highest BCUT2D eigenvalue weighted by molar-refractivity contribution is 7.92. The number of hydrogen-bond donors (Lipinski definition) is 2. The van der Waals surface area contributed by atoms with Gasteiger partial charge in [-0.25, -0.2) is 8.42 Å². The number of nitrogens with zero attached hydrogens (tertiary/aromatic N) is 1. The van der Waals surface area contributed by atoms with Gasteiger partial charge in [-0.05, 0) is 32.0 Å². The standard InChI is InChI=1S/C12H12ClF2N3O3S/c1-6-11(7(2)17-16-6)22(19,20)18-8-3-4-10(9(13)5-8)21-12(14)15/h3-5,12,18H,1-2H3,(H,16,17). The molecule has 22 heavy (non-hydrogen) atoms. The molecule has 1 heterocycles. The van der Waals surface area contributed by atoms with Crippen LogP contribution >= 0.6 is 11.6 Å². The number of rotatable bonds is 5. The Hall–Kier alpha value is -1.87. The number of benzene rings is 1. The summed E-state index contributed by atoms with van der Waals surface area (Å²) in [7, 11) is -3.88. The summed E-state index contributed by atoms with van der Waals surface area (Å²) >= 11 is 5.78. The van der Waals surface area contributed by atoms with Gasteiger partial charge >= 0.3 is 6.61 Å². The summed E-state index contributed by atoms with van der Waals surface area (Å²) in [5, 5.41) is 6.25. The van der Waals surface area contributed by atoms with Crippen molar-refractivity contribution in [2.75, 3.05) is 4.72 Å². The summed E-state index contributed by atoms with van der Waals surface area (Å²) < 4.78 is 55.4. The van der Waals surface area contributed by atoms with Gasteiger partial charge in [0.15, 0.2) is 0 Å². The van der Waals surface area contributed by atoms with E-state index >= 15 is 0 Å². The first-order valence-electron chi connectivity index (χ1n) is 5.99. The van der Waals surface area contributed by atoms with Crippen LogP contribution in [0.15, 0.2) is 23.1 Å². The van der Waals surface area contributed by atoms with E-state index in [0.29, 0.717) is 11.4 Å². The molecule has 2 N–H and O–H groups in total. The van der Waals surface area contributed by atoms with E-state index in [1.165, 1.54) is 12.1 Å². The second-order valence-electron chi connectivity index (χ2n) is 4.39. The summed E-state index contributed by atoms with van der Waals surface area (Å²) in [4.78, 5) is 0.0246. The van der Waals surface area contributed by atoms with Crippen molar-refractivity contribution in [2.45, 2.75) is 25.4 Å². The van der Waals surface area contributed by atoms with E-state index in [-0.39, 0.29) is 21.4 Å². The van der Waals surface area contributed by atoms with Crippen molar-refractivity contribution in [2.24, 2.45) is 0 Å². The maximum absolute atomic E-state index is 12.3. The topological polar surface area (TPSA) is 84.1 Å². The lowest BCUT2D eigenvalue weighted by Gasteiger charge is -2.11. The number of ether oxygens (including phenoxy) is 1. The molecule has 2 rings (SSSR count). The molecular weight excluding hydrogens is 340 g/mol. The largest absolute Gasteiger partial charge is 0.433 e. The maximum Gasteiger partial charge on any atom is 0.387 e. The molecule has 0 radical (unpaired) electrons. The van der Waals surface area contributed by atoms with Gasteiger partial charge in [0.05, 0.1) is 22.1 Å². The number of halogens is 3. The first kappa shape index (κ1) is 16.5. The molecule has 0 saturated heterocycles. The number of aromatic amines is 1. The molecule has 0 aliphatic rings. The van der Waals surface area contributed by atoms with Gasteiger partial charge in [0.1, 0.15) is 10.6 Å². The first-order valence-corrected chi connectivity index (χ1v) is 7.85. The Morgan fingerprint density at radius 3 is 2.55 bits per heavy atom. The predicted molar refractivity (Wildman–Crippen MR) is 77.0 cm³/mol. The Morgan fingerprint density at radius 2 is 2.05 bits per heavy atom. The summed E-state index contributed by atoms with van der Waals surface area (Å²) in [5.41, 5.74) is 0.814. The van der Waals surface area contributed by atoms with Crippen LogP contribution in [0.1, 0.15) is 11.4 Å².